The third-order valence-corrected chi connectivity index (χ3v) is 3.70. The fourth-order valence-corrected chi connectivity index (χ4v) is 2.65. The minimum absolute atomic E-state index is 0.312. The molecular formula is C19H22O6. The zero-order chi connectivity index (χ0) is 18.4. The molecule has 0 heterocycles. The predicted octanol–water partition coefficient (Wildman–Crippen LogP) is 3.45. The van der Waals surface area contributed by atoms with Crippen molar-refractivity contribution in [3.63, 3.8) is 0 Å². The van der Waals surface area contributed by atoms with E-state index in [0.29, 0.717) is 40.6 Å². The lowest BCUT2D eigenvalue weighted by Gasteiger charge is -2.17. The summed E-state index contributed by atoms with van der Waals surface area (Å²) in [5.74, 6) is 1.94. The largest absolute Gasteiger partial charge is 0.496 e. The summed E-state index contributed by atoms with van der Waals surface area (Å²) in [4.78, 5) is 11.6. The van der Waals surface area contributed by atoms with Gasteiger partial charge in [0.2, 0.25) is 0 Å². The summed E-state index contributed by atoms with van der Waals surface area (Å²) < 4.78 is 27.0. The molecule has 0 unspecified atom stereocenters. The van der Waals surface area contributed by atoms with Gasteiger partial charge in [-0.25, -0.2) is 4.79 Å². The van der Waals surface area contributed by atoms with Gasteiger partial charge in [0.1, 0.15) is 23.0 Å². The molecule has 0 aromatic heterocycles. The Morgan fingerprint density at radius 2 is 1.52 bits per heavy atom. The summed E-state index contributed by atoms with van der Waals surface area (Å²) in [6, 6.07) is 5.37. The van der Waals surface area contributed by atoms with E-state index in [9.17, 15) is 4.79 Å². The van der Waals surface area contributed by atoms with Crippen LogP contribution in [0.5, 0.6) is 23.0 Å². The molecule has 0 amide bonds. The van der Waals surface area contributed by atoms with E-state index < -0.39 is 5.97 Å². The highest BCUT2D eigenvalue weighted by atomic mass is 16.5. The normalized spacial score (nSPS) is 10.8. The number of rotatable bonds is 7. The molecule has 134 valence electrons. The molecule has 0 saturated heterocycles. The van der Waals surface area contributed by atoms with Crippen LogP contribution in [0.1, 0.15) is 12.5 Å². The van der Waals surface area contributed by atoms with Crippen LogP contribution in [0.3, 0.4) is 0 Å². The van der Waals surface area contributed by atoms with Crippen LogP contribution in [-0.2, 0) is 9.53 Å². The van der Waals surface area contributed by atoms with E-state index in [4.69, 9.17) is 23.7 Å². The molecule has 2 aromatic carbocycles. The topological polar surface area (TPSA) is 63.2 Å². The fraction of sp³-hybridized carbons (Fsp3) is 0.316. The third-order valence-electron chi connectivity index (χ3n) is 3.70. The third kappa shape index (κ3) is 3.63. The molecule has 0 saturated carbocycles. The van der Waals surface area contributed by atoms with Crippen LogP contribution in [0.15, 0.2) is 24.3 Å². The summed E-state index contributed by atoms with van der Waals surface area (Å²) in [6.45, 7) is 2.06. The molecule has 0 spiro atoms. The van der Waals surface area contributed by atoms with E-state index in [2.05, 4.69) is 0 Å². The number of carbonyl (C=O) groups is 1. The van der Waals surface area contributed by atoms with Crippen LogP contribution >= 0.6 is 0 Å². The second-order valence-corrected chi connectivity index (χ2v) is 5.01. The number of methoxy groups -OCH3 is 4. The van der Waals surface area contributed by atoms with E-state index in [1.807, 2.05) is 0 Å². The van der Waals surface area contributed by atoms with Gasteiger partial charge >= 0.3 is 5.97 Å². The van der Waals surface area contributed by atoms with E-state index in [0.717, 1.165) is 5.39 Å². The maximum atomic E-state index is 11.6. The van der Waals surface area contributed by atoms with Crippen LogP contribution in [0.4, 0.5) is 0 Å². The zero-order valence-electron chi connectivity index (χ0n) is 15.0. The van der Waals surface area contributed by atoms with Gasteiger partial charge in [0.25, 0.3) is 0 Å². The standard InChI is InChI=1S/C19H22O6/c1-6-25-16(20)10-7-12-11-15(23-4)17-13(21-2)8-9-14(22-3)18(17)19(12)24-5/h7-11H,6H2,1-5H3/b10-7+. The SMILES string of the molecule is CCOC(=O)/C=C/c1cc(OC)c2c(OC)ccc(OC)c2c1OC. The molecule has 25 heavy (non-hydrogen) atoms. The van der Waals surface area contributed by atoms with Crippen LogP contribution in [-0.4, -0.2) is 41.0 Å². The molecule has 0 aliphatic carbocycles. The zero-order valence-corrected chi connectivity index (χ0v) is 15.0. The Balaban J connectivity index is 2.78. The van der Waals surface area contributed by atoms with Crippen LogP contribution < -0.4 is 18.9 Å². The van der Waals surface area contributed by atoms with Crippen molar-refractivity contribution < 1.29 is 28.5 Å². The number of carbonyl (C=O) groups excluding carboxylic acids is 1. The molecule has 0 atom stereocenters. The molecule has 0 N–H and O–H groups in total. The highest BCUT2D eigenvalue weighted by Gasteiger charge is 2.20. The van der Waals surface area contributed by atoms with Gasteiger partial charge in [0.05, 0.1) is 45.8 Å². The average Bonchev–Trinajstić information content (AvgIpc) is 2.64. The van der Waals surface area contributed by atoms with E-state index in [1.54, 1.807) is 59.6 Å². The van der Waals surface area contributed by atoms with E-state index >= 15 is 0 Å². The first-order chi connectivity index (χ1) is 12.1. The Bertz CT molecular complexity index is 794. The Morgan fingerprint density at radius 1 is 0.920 bits per heavy atom. The summed E-state index contributed by atoms with van der Waals surface area (Å²) in [5, 5.41) is 1.43. The molecule has 0 bridgehead atoms. The van der Waals surface area contributed by atoms with Crippen molar-refractivity contribution in [1.29, 1.82) is 0 Å². The summed E-state index contributed by atoms with van der Waals surface area (Å²) in [5.41, 5.74) is 0.659. The second-order valence-electron chi connectivity index (χ2n) is 5.01. The van der Waals surface area contributed by atoms with Gasteiger partial charge in [0, 0.05) is 11.6 Å². The van der Waals surface area contributed by atoms with Crippen molar-refractivity contribution in [2.24, 2.45) is 0 Å². The van der Waals surface area contributed by atoms with Gasteiger partial charge in [-0.2, -0.15) is 0 Å². The lowest BCUT2D eigenvalue weighted by Crippen LogP contribution is -2.00. The van der Waals surface area contributed by atoms with Gasteiger partial charge in [-0.15, -0.1) is 0 Å². The first-order valence-corrected chi connectivity index (χ1v) is 7.75. The Hall–Kier alpha value is -2.89. The maximum absolute atomic E-state index is 11.6. The number of hydrogen-bond donors (Lipinski definition) is 0. The Morgan fingerprint density at radius 3 is 2.04 bits per heavy atom. The number of fused-ring (bicyclic) bond motifs is 1. The number of hydrogen-bond acceptors (Lipinski definition) is 6. The van der Waals surface area contributed by atoms with Crippen molar-refractivity contribution in [3.05, 3.63) is 29.8 Å². The summed E-state index contributed by atoms with van der Waals surface area (Å²) in [7, 11) is 6.29. The highest BCUT2D eigenvalue weighted by Crippen LogP contribution is 2.46. The van der Waals surface area contributed by atoms with Gasteiger partial charge in [-0.1, -0.05) is 0 Å². The molecule has 0 aliphatic heterocycles. The maximum Gasteiger partial charge on any atom is 0.330 e. The average molecular weight is 346 g/mol. The molecule has 0 aliphatic rings. The molecular weight excluding hydrogens is 324 g/mol. The van der Waals surface area contributed by atoms with Crippen molar-refractivity contribution >= 4 is 22.8 Å². The molecule has 0 radical (unpaired) electrons. The first kappa shape index (κ1) is 18.4. The monoisotopic (exact) mass is 346 g/mol. The second kappa shape index (κ2) is 8.28. The number of benzene rings is 2. The number of ether oxygens (including phenoxy) is 5. The molecule has 0 fully saturated rings. The predicted molar refractivity (Wildman–Crippen MR) is 95.8 cm³/mol. The lowest BCUT2D eigenvalue weighted by molar-refractivity contribution is -0.137. The molecule has 6 nitrogen and oxygen atoms in total. The highest BCUT2D eigenvalue weighted by molar-refractivity contribution is 6.04. The summed E-state index contributed by atoms with van der Waals surface area (Å²) in [6.07, 6.45) is 2.97. The molecule has 2 rings (SSSR count). The van der Waals surface area contributed by atoms with Gasteiger partial charge in [-0.05, 0) is 31.2 Å². The van der Waals surface area contributed by atoms with Crippen LogP contribution in [0.25, 0.3) is 16.8 Å². The first-order valence-electron chi connectivity index (χ1n) is 7.75. The molecule has 2 aromatic rings. The van der Waals surface area contributed by atoms with Gasteiger partial charge in [-0.3, -0.25) is 0 Å². The van der Waals surface area contributed by atoms with Crippen molar-refractivity contribution in [3.8, 4) is 23.0 Å². The lowest BCUT2D eigenvalue weighted by atomic mass is 10.0. The smallest absolute Gasteiger partial charge is 0.330 e. The fourth-order valence-electron chi connectivity index (χ4n) is 2.65. The van der Waals surface area contributed by atoms with Crippen molar-refractivity contribution in [1.82, 2.24) is 0 Å². The van der Waals surface area contributed by atoms with E-state index in [-0.39, 0.29) is 0 Å². The molecule has 6 heteroatoms. The Labute approximate surface area is 146 Å². The van der Waals surface area contributed by atoms with Crippen LogP contribution in [0, 0.1) is 0 Å². The van der Waals surface area contributed by atoms with E-state index in [1.165, 1.54) is 6.08 Å². The van der Waals surface area contributed by atoms with Crippen molar-refractivity contribution in [2.45, 2.75) is 6.92 Å². The Kier molecular flexibility index (Phi) is 6.11. The van der Waals surface area contributed by atoms with Gasteiger partial charge < -0.3 is 23.7 Å². The summed E-state index contributed by atoms with van der Waals surface area (Å²) >= 11 is 0. The number of esters is 1. The quantitative estimate of drug-likeness (QED) is 0.565. The minimum atomic E-state index is -0.429. The van der Waals surface area contributed by atoms with Gasteiger partial charge in [0.15, 0.2) is 0 Å². The van der Waals surface area contributed by atoms with Crippen molar-refractivity contribution in [2.75, 3.05) is 35.0 Å². The van der Waals surface area contributed by atoms with Crippen LogP contribution in [0.2, 0.25) is 0 Å². The minimum Gasteiger partial charge on any atom is -0.496 e.